The van der Waals surface area contributed by atoms with E-state index in [1.807, 2.05) is 6.92 Å². The maximum atomic E-state index is 10.8. The first-order valence-corrected chi connectivity index (χ1v) is 3.07. The molecule has 0 spiro atoms. The first-order valence-electron chi connectivity index (χ1n) is 3.07. The van der Waals surface area contributed by atoms with E-state index in [9.17, 15) is 4.79 Å². The van der Waals surface area contributed by atoms with Gasteiger partial charge in [0.25, 0.3) is 0 Å². The Hall–Kier alpha value is -1.25. The lowest BCUT2D eigenvalue weighted by Crippen LogP contribution is -1.95. The van der Waals surface area contributed by atoms with Gasteiger partial charge in [0.05, 0.1) is 5.56 Å². The molecule has 0 radical (unpaired) electrons. The SMILES string of the molecule is CC(=O)c1cc(C)[nH]c1N. The van der Waals surface area contributed by atoms with E-state index in [1.165, 1.54) is 6.92 Å². The Labute approximate surface area is 59.2 Å². The van der Waals surface area contributed by atoms with Crippen molar-refractivity contribution in [3.05, 3.63) is 17.3 Å². The summed E-state index contributed by atoms with van der Waals surface area (Å²) in [5.74, 6) is 0.465. The third-order valence-corrected chi connectivity index (χ3v) is 1.36. The van der Waals surface area contributed by atoms with E-state index in [2.05, 4.69) is 4.98 Å². The second-order valence-electron chi connectivity index (χ2n) is 2.34. The fourth-order valence-electron chi connectivity index (χ4n) is 0.901. The molecule has 0 amide bonds. The molecule has 0 fully saturated rings. The van der Waals surface area contributed by atoms with Gasteiger partial charge in [-0.05, 0) is 19.9 Å². The number of carbonyl (C=O) groups is 1. The highest BCUT2D eigenvalue weighted by Gasteiger charge is 2.05. The number of Topliss-reactive ketones (excluding diaryl/α,β-unsaturated/α-hetero) is 1. The molecule has 0 aromatic carbocycles. The molecule has 0 atom stereocenters. The van der Waals surface area contributed by atoms with Crippen molar-refractivity contribution in [1.29, 1.82) is 0 Å². The zero-order valence-electron chi connectivity index (χ0n) is 6.06. The average molecular weight is 138 g/mol. The molecular weight excluding hydrogens is 128 g/mol. The standard InChI is InChI=1S/C7H10N2O/c1-4-3-6(5(2)10)7(8)9-4/h3,9H,8H2,1-2H3. The summed E-state index contributed by atoms with van der Waals surface area (Å²) in [6, 6.07) is 1.75. The monoisotopic (exact) mass is 138 g/mol. The van der Waals surface area contributed by atoms with Gasteiger partial charge in [-0.15, -0.1) is 0 Å². The van der Waals surface area contributed by atoms with Gasteiger partial charge in [-0.3, -0.25) is 4.79 Å². The number of nitrogen functional groups attached to an aromatic ring is 1. The molecule has 0 unspecified atom stereocenters. The Morgan fingerprint density at radius 1 is 1.70 bits per heavy atom. The fourth-order valence-corrected chi connectivity index (χ4v) is 0.901. The summed E-state index contributed by atoms with van der Waals surface area (Å²) in [5, 5.41) is 0. The summed E-state index contributed by atoms with van der Waals surface area (Å²) < 4.78 is 0. The fraction of sp³-hybridized carbons (Fsp3) is 0.286. The van der Waals surface area contributed by atoms with E-state index >= 15 is 0 Å². The number of nitrogens with two attached hydrogens (primary N) is 1. The van der Waals surface area contributed by atoms with Crippen LogP contribution >= 0.6 is 0 Å². The summed E-state index contributed by atoms with van der Waals surface area (Å²) in [6.45, 7) is 3.36. The minimum Gasteiger partial charge on any atom is -0.385 e. The van der Waals surface area contributed by atoms with Gasteiger partial charge in [0.15, 0.2) is 5.78 Å². The molecule has 10 heavy (non-hydrogen) atoms. The lowest BCUT2D eigenvalue weighted by molar-refractivity contribution is 0.101. The minimum atomic E-state index is 0.00171. The van der Waals surface area contributed by atoms with E-state index in [0.29, 0.717) is 11.4 Å². The summed E-state index contributed by atoms with van der Waals surface area (Å²) in [6.07, 6.45) is 0. The van der Waals surface area contributed by atoms with Gasteiger partial charge in [0.1, 0.15) is 5.82 Å². The molecule has 0 aliphatic heterocycles. The molecule has 1 aromatic rings. The predicted octanol–water partition coefficient (Wildman–Crippen LogP) is 1.11. The number of aromatic amines is 1. The summed E-state index contributed by atoms with van der Waals surface area (Å²) >= 11 is 0. The molecule has 0 aliphatic rings. The number of hydrogen-bond acceptors (Lipinski definition) is 2. The van der Waals surface area contributed by atoms with Crippen molar-refractivity contribution in [2.75, 3.05) is 5.73 Å². The molecule has 3 heteroatoms. The second-order valence-corrected chi connectivity index (χ2v) is 2.34. The maximum Gasteiger partial charge on any atom is 0.163 e. The zero-order chi connectivity index (χ0) is 7.72. The van der Waals surface area contributed by atoms with Crippen molar-refractivity contribution in [3.63, 3.8) is 0 Å². The largest absolute Gasteiger partial charge is 0.385 e. The molecule has 1 aromatic heterocycles. The Bertz CT molecular complexity index is 263. The Morgan fingerprint density at radius 3 is 2.50 bits per heavy atom. The normalized spacial score (nSPS) is 9.80. The minimum absolute atomic E-state index is 0.00171. The number of aryl methyl sites for hydroxylation is 1. The van der Waals surface area contributed by atoms with Crippen molar-refractivity contribution in [2.45, 2.75) is 13.8 Å². The molecular formula is C7H10N2O. The number of ketones is 1. The van der Waals surface area contributed by atoms with Gasteiger partial charge in [-0.2, -0.15) is 0 Å². The topological polar surface area (TPSA) is 58.9 Å². The van der Waals surface area contributed by atoms with Crippen LogP contribution in [0.3, 0.4) is 0 Å². The predicted molar refractivity (Wildman–Crippen MR) is 39.9 cm³/mol. The van der Waals surface area contributed by atoms with Gasteiger partial charge >= 0.3 is 0 Å². The Morgan fingerprint density at radius 2 is 2.30 bits per heavy atom. The molecule has 1 heterocycles. The van der Waals surface area contributed by atoms with Crippen molar-refractivity contribution in [1.82, 2.24) is 4.98 Å². The molecule has 3 nitrogen and oxygen atoms in total. The quantitative estimate of drug-likeness (QED) is 0.571. The Balaban J connectivity index is 3.15. The van der Waals surface area contributed by atoms with Gasteiger partial charge in [-0.1, -0.05) is 0 Å². The van der Waals surface area contributed by atoms with Crippen molar-refractivity contribution in [2.24, 2.45) is 0 Å². The third kappa shape index (κ3) is 1.03. The van der Waals surface area contributed by atoms with Gasteiger partial charge in [0, 0.05) is 5.69 Å². The average Bonchev–Trinajstić information content (AvgIpc) is 2.10. The van der Waals surface area contributed by atoms with Crippen LogP contribution in [0.1, 0.15) is 23.0 Å². The highest BCUT2D eigenvalue weighted by molar-refractivity contribution is 5.98. The van der Waals surface area contributed by atoms with Crippen LogP contribution in [-0.4, -0.2) is 10.8 Å². The molecule has 54 valence electrons. The van der Waals surface area contributed by atoms with E-state index < -0.39 is 0 Å². The third-order valence-electron chi connectivity index (χ3n) is 1.36. The van der Waals surface area contributed by atoms with Crippen LogP contribution in [0.4, 0.5) is 5.82 Å². The first kappa shape index (κ1) is 6.86. The van der Waals surface area contributed by atoms with Crippen LogP contribution < -0.4 is 5.73 Å². The molecule has 0 saturated carbocycles. The number of rotatable bonds is 1. The van der Waals surface area contributed by atoms with E-state index in [1.54, 1.807) is 6.07 Å². The molecule has 0 aliphatic carbocycles. The lowest BCUT2D eigenvalue weighted by Gasteiger charge is -1.88. The number of hydrogen-bond donors (Lipinski definition) is 2. The highest BCUT2D eigenvalue weighted by atomic mass is 16.1. The number of aromatic nitrogens is 1. The number of nitrogens with one attached hydrogen (secondary N) is 1. The highest BCUT2D eigenvalue weighted by Crippen LogP contribution is 2.11. The number of anilines is 1. The van der Waals surface area contributed by atoms with Crippen LogP contribution in [0, 0.1) is 6.92 Å². The van der Waals surface area contributed by atoms with Crippen LogP contribution in [0.5, 0.6) is 0 Å². The second kappa shape index (κ2) is 2.17. The zero-order valence-corrected chi connectivity index (χ0v) is 6.06. The smallest absolute Gasteiger partial charge is 0.163 e. The molecule has 0 bridgehead atoms. The summed E-state index contributed by atoms with van der Waals surface area (Å²) in [7, 11) is 0. The number of carbonyl (C=O) groups excluding carboxylic acids is 1. The number of H-pyrrole nitrogens is 1. The van der Waals surface area contributed by atoms with Crippen molar-refractivity contribution in [3.8, 4) is 0 Å². The molecule has 0 saturated heterocycles. The summed E-state index contributed by atoms with van der Waals surface area (Å²) in [5.41, 5.74) is 6.97. The van der Waals surface area contributed by atoms with Gasteiger partial charge in [-0.25, -0.2) is 0 Å². The van der Waals surface area contributed by atoms with Gasteiger partial charge in [0.2, 0.25) is 0 Å². The van der Waals surface area contributed by atoms with E-state index in [4.69, 9.17) is 5.73 Å². The van der Waals surface area contributed by atoms with Crippen molar-refractivity contribution >= 4 is 11.6 Å². The molecule has 1 rings (SSSR count). The maximum absolute atomic E-state index is 10.8. The Kier molecular flexibility index (Phi) is 1.49. The van der Waals surface area contributed by atoms with Crippen LogP contribution in [0.2, 0.25) is 0 Å². The van der Waals surface area contributed by atoms with Crippen LogP contribution in [0.25, 0.3) is 0 Å². The van der Waals surface area contributed by atoms with Crippen LogP contribution in [-0.2, 0) is 0 Å². The summed E-state index contributed by atoms with van der Waals surface area (Å²) in [4.78, 5) is 13.6. The van der Waals surface area contributed by atoms with E-state index in [-0.39, 0.29) is 5.78 Å². The molecule has 3 N–H and O–H groups in total. The van der Waals surface area contributed by atoms with Crippen LogP contribution in [0.15, 0.2) is 6.07 Å². The van der Waals surface area contributed by atoms with Gasteiger partial charge < -0.3 is 10.7 Å². The van der Waals surface area contributed by atoms with E-state index in [0.717, 1.165) is 5.69 Å². The van der Waals surface area contributed by atoms with Crippen molar-refractivity contribution < 1.29 is 4.79 Å². The first-order chi connectivity index (χ1) is 4.61. The lowest BCUT2D eigenvalue weighted by atomic mass is 10.2.